The summed E-state index contributed by atoms with van der Waals surface area (Å²) < 4.78 is 13.9. The van der Waals surface area contributed by atoms with Crippen molar-refractivity contribution >= 4 is 32.6 Å². The number of hydrogen-bond donors (Lipinski definition) is 1. The minimum absolute atomic E-state index is 0.196. The first-order valence-corrected chi connectivity index (χ1v) is 7.62. The average molecular weight is 293 g/mol. The van der Waals surface area contributed by atoms with Gasteiger partial charge in [0.2, 0.25) is 5.91 Å². The molecule has 0 bridgehead atoms. The molecule has 1 N–H and O–H groups in total. The van der Waals surface area contributed by atoms with E-state index in [4.69, 9.17) is 0 Å². The molecule has 6 heteroatoms. The zero-order valence-corrected chi connectivity index (χ0v) is 11.9. The Morgan fingerprint density at radius 3 is 3.00 bits per heavy atom. The number of anilines is 1. The molecule has 1 aliphatic rings. The number of benzene rings is 1. The second-order valence-corrected chi connectivity index (χ2v) is 5.93. The van der Waals surface area contributed by atoms with Crippen molar-refractivity contribution in [2.75, 3.05) is 25.0 Å². The fraction of sp³-hybridized carbons (Fsp3) is 0.429. The molecule has 106 valence electrons. The number of amides is 1. The maximum Gasteiger partial charge on any atom is 0.224 e. The SMILES string of the molecule is O=C(CCNc1nc2ccc(F)cc2s1)N1CCCC1. The number of nitrogens with zero attached hydrogens (tertiary/aromatic N) is 2. The second kappa shape index (κ2) is 5.75. The van der Waals surface area contributed by atoms with Crippen LogP contribution in [0.15, 0.2) is 18.2 Å². The Balaban J connectivity index is 1.55. The number of nitrogens with one attached hydrogen (secondary N) is 1. The first kappa shape index (κ1) is 13.3. The quantitative estimate of drug-likeness (QED) is 0.943. The third-order valence-corrected chi connectivity index (χ3v) is 4.40. The summed E-state index contributed by atoms with van der Waals surface area (Å²) >= 11 is 1.41. The van der Waals surface area contributed by atoms with Crippen LogP contribution in [0.2, 0.25) is 0 Å². The lowest BCUT2D eigenvalue weighted by Crippen LogP contribution is -2.29. The van der Waals surface area contributed by atoms with Crippen molar-refractivity contribution in [1.29, 1.82) is 0 Å². The van der Waals surface area contributed by atoms with E-state index in [1.54, 1.807) is 6.07 Å². The van der Waals surface area contributed by atoms with Crippen LogP contribution in [0.25, 0.3) is 10.2 Å². The van der Waals surface area contributed by atoms with Crippen molar-refractivity contribution < 1.29 is 9.18 Å². The number of aromatic nitrogens is 1. The van der Waals surface area contributed by atoms with Crippen LogP contribution in [-0.4, -0.2) is 35.4 Å². The van der Waals surface area contributed by atoms with Crippen LogP contribution >= 0.6 is 11.3 Å². The fourth-order valence-electron chi connectivity index (χ4n) is 2.38. The van der Waals surface area contributed by atoms with Gasteiger partial charge in [0.25, 0.3) is 0 Å². The Labute approximate surface area is 120 Å². The maximum atomic E-state index is 13.1. The topological polar surface area (TPSA) is 45.2 Å². The zero-order chi connectivity index (χ0) is 13.9. The lowest BCUT2D eigenvalue weighted by Gasteiger charge is -2.14. The Hall–Kier alpha value is -1.69. The summed E-state index contributed by atoms with van der Waals surface area (Å²) in [7, 11) is 0. The minimum atomic E-state index is -0.253. The molecule has 0 unspecified atom stereocenters. The van der Waals surface area contributed by atoms with Crippen molar-refractivity contribution in [2.45, 2.75) is 19.3 Å². The van der Waals surface area contributed by atoms with E-state index in [0.717, 1.165) is 41.3 Å². The van der Waals surface area contributed by atoms with Gasteiger partial charge in [0.15, 0.2) is 5.13 Å². The van der Waals surface area contributed by atoms with Gasteiger partial charge in [-0.3, -0.25) is 4.79 Å². The third-order valence-electron chi connectivity index (χ3n) is 3.42. The summed E-state index contributed by atoms with van der Waals surface area (Å²) in [6.45, 7) is 2.34. The predicted octanol–water partition coefficient (Wildman–Crippen LogP) is 2.86. The van der Waals surface area contributed by atoms with Gasteiger partial charge in [0.1, 0.15) is 5.82 Å². The van der Waals surface area contributed by atoms with Crippen molar-refractivity contribution in [3.63, 3.8) is 0 Å². The Bertz CT molecular complexity index is 622. The van der Waals surface area contributed by atoms with Gasteiger partial charge in [0, 0.05) is 26.1 Å². The number of thiazole rings is 1. The number of rotatable bonds is 4. The van der Waals surface area contributed by atoms with Crippen LogP contribution in [0.5, 0.6) is 0 Å². The van der Waals surface area contributed by atoms with Crippen LogP contribution in [0.3, 0.4) is 0 Å². The smallest absolute Gasteiger partial charge is 0.224 e. The van der Waals surface area contributed by atoms with Gasteiger partial charge >= 0.3 is 0 Å². The van der Waals surface area contributed by atoms with E-state index in [1.165, 1.54) is 23.5 Å². The molecule has 1 fully saturated rings. The molecule has 1 aliphatic heterocycles. The van der Waals surface area contributed by atoms with Gasteiger partial charge in [-0.15, -0.1) is 0 Å². The summed E-state index contributed by atoms with van der Waals surface area (Å²) in [4.78, 5) is 18.1. The number of halogens is 1. The van der Waals surface area contributed by atoms with E-state index in [2.05, 4.69) is 10.3 Å². The fourth-order valence-corrected chi connectivity index (χ4v) is 3.29. The molecular weight excluding hydrogens is 277 g/mol. The van der Waals surface area contributed by atoms with Gasteiger partial charge in [-0.25, -0.2) is 9.37 Å². The van der Waals surface area contributed by atoms with Gasteiger partial charge in [0.05, 0.1) is 10.2 Å². The Kier molecular flexibility index (Phi) is 3.82. The summed E-state index contributed by atoms with van der Waals surface area (Å²) in [5, 5.41) is 3.88. The van der Waals surface area contributed by atoms with E-state index >= 15 is 0 Å². The molecule has 4 nitrogen and oxygen atoms in total. The number of carbonyl (C=O) groups is 1. The van der Waals surface area contributed by atoms with Crippen LogP contribution < -0.4 is 5.32 Å². The van der Waals surface area contributed by atoms with Crippen LogP contribution in [0, 0.1) is 5.82 Å². The number of carbonyl (C=O) groups excluding carboxylic acids is 1. The Morgan fingerprint density at radius 1 is 1.40 bits per heavy atom. The summed E-state index contributed by atoms with van der Waals surface area (Å²) in [5.74, 6) is -0.0564. The van der Waals surface area contributed by atoms with E-state index in [-0.39, 0.29) is 11.7 Å². The molecule has 3 rings (SSSR count). The molecule has 0 spiro atoms. The van der Waals surface area contributed by atoms with E-state index in [1.807, 2.05) is 4.90 Å². The van der Waals surface area contributed by atoms with Crippen LogP contribution in [0.1, 0.15) is 19.3 Å². The minimum Gasteiger partial charge on any atom is -0.361 e. The largest absolute Gasteiger partial charge is 0.361 e. The zero-order valence-electron chi connectivity index (χ0n) is 11.1. The number of hydrogen-bond acceptors (Lipinski definition) is 4. The normalized spacial score (nSPS) is 14.9. The van der Waals surface area contributed by atoms with Crippen molar-refractivity contribution in [2.24, 2.45) is 0 Å². The van der Waals surface area contributed by atoms with Crippen LogP contribution in [-0.2, 0) is 4.79 Å². The predicted molar refractivity (Wildman–Crippen MR) is 78.5 cm³/mol. The first-order valence-electron chi connectivity index (χ1n) is 6.80. The highest BCUT2D eigenvalue weighted by Gasteiger charge is 2.17. The lowest BCUT2D eigenvalue weighted by atomic mass is 10.3. The number of likely N-dealkylation sites (tertiary alicyclic amines) is 1. The summed E-state index contributed by atoms with van der Waals surface area (Å²) in [5.41, 5.74) is 0.782. The third kappa shape index (κ3) is 2.90. The molecule has 0 aliphatic carbocycles. The monoisotopic (exact) mass is 293 g/mol. The molecule has 2 aromatic rings. The molecule has 1 amide bonds. The molecule has 0 radical (unpaired) electrons. The lowest BCUT2D eigenvalue weighted by molar-refractivity contribution is -0.129. The highest BCUT2D eigenvalue weighted by atomic mass is 32.1. The molecule has 1 saturated heterocycles. The van der Waals surface area contributed by atoms with Crippen molar-refractivity contribution in [3.8, 4) is 0 Å². The van der Waals surface area contributed by atoms with E-state index in [9.17, 15) is 9.18 Å². The van der Waals surface area contributed by atoms with E-state index in [0.29, 0.717) is 13.0 Å². The summed E-state index contributed by atoms with van der Waals surface area (Å²) in [6.07, 6.45) is 2.70. The average Bonchev–Trinajstić information content (AvgIpc) is 3.06. The highest BCUT2D eigenvalue weighted by Crippen LogP contribution is 2.26. The molecule has 1 aromatic carbocycles. The molecule has 1 aromatic heterocycles. The first-order chi connectivity index (χ1) is 9.72. The van der Waals surface area contributed by atoms with Gasteiger partial charge in [-0.2, -0.15) is 0 Å². The maximum absolute atomic E-state index is 13.1. The van der Waals surface area contributed by atoms with Crippen LogP contribution in [0.4, 0.5) is 9.52 Å². The molecule has 0 atom stereocenters. The van der Waals surface area contributed by atoms with Crippen molar-refractivity contribution in [1.82, 2.24) is 9.88 Å². The second-order valence-electron chi connectivity index (χ2n) is 4.90. The van der Waals surface area contributed by atoms with E-state index < -0.39 is 0 Å². The Morgan fingerprint density at radius 2 is 2.20 bits per heavy atom. The molecule has 20 heavy (non-hydrogen) atoms. The van der Waals surface area contributed by atoms with Gasteiger partial charge in [-0.05, 0) is 31.0 Å². The molecular formula is C14H16FN3OS. The van der Waals surface area contributed by atoms with Crippen molar-refractivity contribution in [3.05, 3.63) is 24.0 Å². The molecule has 0 saturated carbocycles. The highest BCUT2D eigenvalue weighted by molar-refractivity contribution is 7.22. The van der Waals surface area contributed by atoms with Gasteiger partial charge < -0.3 is 10.2 Å². The number of fused-ring (bicyclic) bond motifs is 1. The summed E-state index contributed by atoms with van der Waals surface area (Å²) in [6, 6.07) is 4.55. The van der Waals surface area contributed by atoms with Gasteiger partial charge in [-0.1, -0.05) is 11.3 Å². The standard InChI is InChI=1S/C14H16FN3OS/c15-10-3-4-11-12(9-10)20-14(17-11)16-6-5-13(19)18-7-1-2-8-18/h3-4,9H,1-2,5-8H2,(H,16,17). The molecule has 2 heterocycles.